The van der Waals surface area contributed by atoms with Crippen LogP contribution in [0.15, 0.2) is 0 Å². The topological polar surface area (TPSA) is 3.24 Å². The Morgan fingerprint density at radius 3 is 1.58 bits per heavy atom. The van der Waals surface area contributed by atoms with Crippen molar-refractivity contribution >= 4 is 0 Å². The molecular formula is C11H25N. The lowest BCUT2D eigenvalue weighted by molar-refractivity contribution is 0.149. The molecule has 0 radical (unpaired) electrons. The van der Waals surface area contributed by atoms with Gasteiger partial charge in [0.05, 0.1) is 0 Å². The van der Waals surface area contributed by atoms with Gasteiger partial charge in [-0.25, -0.2) is 0 Å². The minimum absolute atomic E-state index is 0.680. The van der Waals surface area contributed by atoms with Crippen molar-refractivity contribution in [2.75, 3.05) is 6.54 Å². The van der Waals surface area contributed by atoms with E-state index < -0.39 is 0 Å². The molecule has 0 heterocycles. The van der Waals surface area contributed by atoms with E-state index >= 15 is 0 Å². The van der Waals surface area contributed by atoms with Crippen LogP contribution in [0.4, 0.5) is 0 Å². The average Bonchev–Trinajstić information content (AvgIpc) is 1.98. The summed E-state index contributed by atoms with van der Waals surface area (Å²) in [7, 11) is 0. The van der Waals surface area contributed by atoms with E-state index in [0.29, 0.717) is 12.1 Å². The molecule has 0 fully saturated rings. The monoisotopic (exact) mass is 171 g/mol. The van der Waals surface area contributed by atoms with Crippen LogP contribution in [0.1, 0.15) is 48.0 Å². The minimum Gasteiger partial charge on any atom is -0.298 e. The van der Waals surface area contributed by atoms with Crippen molar-refractivity contribution in [2.45, 2.75) is 60.0 Å². The lowest BCUT2D eigenvalue weighted by atomic mass is 10.1. The predicted molar refractivity (Wildman–Crippen MR) is 56.4 cm³/mol. The number of hydrogen-bond donors (Lipinski definition) is 0. The van der Waals surface area contributed by atoms with Crippen molar-refractivity contribution in [2.24, 2.45) is 5.92 Å². The first-order valence-electron chi connectivity index (χ1n) is 5.24. The standard InChI is InChI=1S/C11H25N/c1-7-11(6)8-12(9(2)3)10(4)5/h9-11H,7-8H2,1-6H3/t11-/m1/s1. The van der Waals surface area contributed by atoms with Gasteiger partial charge in [-0.3, -0.25) is 4.90 Å². The molecular weight excluding hydrogens is 146 g/mol. The zero-order valence-corrected chi connectivity index (χ0v) is 9.59. The third-order valence-corrected chi connectivity index (χ3v) is 2.55. The molecule has 0 bridgehead atoms. The maximum absolute atomic E-state index is 2.56. The van der Waals surface area contributed by atoms with E-state index in [0.717, 1.165) is 5.92 Å². The zero-order valence-electron chi connectivity index (χ0n) is 9.59. The van der Waals surface area contributed by atoms with Crippen molar-refractivity contribution in [3.8, 4) is 0 Å². The highest BCUT2D eigenvalue weighted by molar-refractivity contribution is 4.69. The molecule has 0 aliphatic rings. The van der Waals surface area contributed by atoms with E-state index in [9.17, 15) is 0 Å². The summed E-state index contributed by atoms with van der Waals surface area (Å²) in [4.78, 5) is 2.56. The first-order valence-corrected chi connectivity index (χ1v) is 5.24. The quantitative estimate of drug-likeness (QED) is 0.614. The van der Waals surface area contributed by atoms with Crippen LogP contribution in [0.25, 0.3) is 0 Å². The lowest BCUT2D eigenvalue weighted by Gasteiger charge is -2.32. The molecule has 0 unspecified atom stereocenters. The first kappa shape index (κ1) is 12.0. The highest BCUT2D eigenvalue weighted by Crippen LogP contribution is 2.10. The summed E-state index contributed by atoms with van der Waals surface area (Å²) < 4.78 is 0. The Balaban J connectivity index is 3.95. The molecule has 0 spiro atoms. The molecule has 12 heavy (non-hydrogen) atoms. The van der Waals surface area contributed by atoms with Gasteiger partial charge in [-0.2, -0.15) is 0 Å². The van der Waals surface area contributed by atoms with Crippen molar-refractivity contribution < 1.29 is 0 Å². The summed E-state index contributed by atoms with van der Waals surface area (Å²) in [6.45, 7) is 15.0. The fourth-order valence-corrected chi connectivity index (χ4v) is 1.51. The molecule has 0 aliphatic carbocycles. The van der Waals surface area contributed by atoms with Gasteiger partial charge in [-0.1, -0.05) is 20.3 Å². The van der Waals surface area contributed by atoms with Crippen LogP contribution in [0.5, 0.6) is 0 Å². The van der Waals surface area contributed by atoms with E-state index in [2.05, 4.69) is 46.4 Å². The van der Waals surface area contributed by atoms with Gasteiger partial charge in [-0.15, -0.1) is 0 Å². The van der Waals surface area contributed by atoms with E-state index in [1.807, 2.05) is 0 Å². The van der Waals surface area contributed by atoms with Crippen LogP contribution in [0.3, 0.4) is 0 Å². The van der Waals surface area contributed by atoms with Crippen molar-refractivity contribution in [1.82, 2.24) is 4.90 Å². The summed E-state index contributed by atoms with van der Waals surface area (Å²) in [6, 6.07) is 1.36. The van der Waals surface area contributed by atoms with E-state index in [-0.39, 0.29) is 0 Å². The number of hydrogen-bond acceptors (Lipinski definition) is 1. The van der Waals surface area contributed by atoms with E-state index in [1.54, 1.807) is 0 Å². The Morgan fingerprint density at radius 1 is 0.917 bits per heavy atom. The Labute approximate surface area is 78.1 Å². The zero-order chi connectivity index (χ0) is 9.72. The SMILES string of the molecule is CC[C@@H](C)CN(C(C)C)C(C)C. The smallest absolute Gasteiger partial charge is 0.00414 e. The summed E-state index contributed by atoms with van der Waals surface area (Å²) in [5, 5.41) is 0. The molecule has 0 N–H and O–H groups in total. The van der Waals surface area contributed by atoms with Gasteiger partial charge in [-0.05, 0) is 33.6 Å². The number of rotatable bonds is 5. The molecule has 0 aromatic carbocycles. The fraction of sp³-hybridized carbons (Fsp3) is 1.00. The Morgan fingerprint density at radius 2 is 1.33 bits per heavy atom. The van der Waals surface area contributed by atoms with Gasteiger partial charge in [0.25, 0.3) is 0 Å². The van der Waals surface area contributed by atoms with Crippen molar-refractivity contribution in [3.05, 3.63) is 0 Å². The van der Waals surface area contributed by atoms with Gasteiger partial charge in [0.2, 0.25) is 0 Å². The first-order chi connectivity index (χ1) is 5.49. The summed E-state index contributed by atoms with van der Waals surface area (Å²) in [5.41, 5.74) is 0. The van der Waals surface area contributed by atoms with Gasteiger partial charge in [0.15, 0.2) is 0 Å². The third-order valence-electron chi connectivity index (χ3n) is 2.55. The lowest BCUT2D eigenvalue weighted by Crippen LogP contribution is -2.39. The second-order valence-corrected chi connectivity index (χ2v) is 4.40. The Hall–Kier alpha value is -0.0400. The summed E-state index contributed by atoms with van der Waals surface area (Å²) >= 11 is 0. The molecule has 74 valence electrons. The van der Waals surface area contributed by atoms with Crippen LogP contribution in [-0.4, -0.2) is 23.5 Å². The molecule has 1 heteroatoms. The highest BCUT2D eigenvalue weighted by atomic mass is 15.2. The third kappa shape index (κ3) is 4.10. The maximum atomic E-state index is 2.56. The average molecular weight is 171 g/mol. The van der Waals surface area contributed by atoms with Gasteiger partial charge in [0.1, 0.15) is 0 Å². The molecule has 0 aromatic rings. The normalized spacial score (nSPS) is 14.8. The van der Waals surface area contributed by atoms with Crippen molar-refractivity contribution in [3.63, 3.8) is 0 Å². The summed E-state index contributed by atoms with van der Waals surface area (Å²) in [6.07, 6.45) is 1.29. The fourth-order valence-electron chi connectivity index (χ4n) is 1.51. The molecule has 1 atom stereocenters. The van der Waals surface area contributed by atoms with Gasteiger partial charge < -0.3 is 0 Å². The van der Waals surface area contributed by atoms with Gasteiger partial charge >= 0.3 is 0 Å². The Kier molecular flexibility index (Phi) is 5.56. The van der Waals surface area contributed by atoms with E-state index in [4.69, 9.17) is 0 Å². The van der Waals surface area contributed by atoms with Crippen molar-refractivity contribution in [1.29, 1.82) is 0 Å². The number of nitrogens with zero attached hydrogens (tertiary/aromatic N) is 1. The van der Waals surface area contributed by atoms with Crippen LogP contribution in [0.2, 0.25) is 0 Å². The van der Waals surface area contributed by atoms with Crippen LogP contribution >= 0.6 is 0 Å². The highest BCUT2D eigenvalue weighted by Gasteiger charge is 2.14. The second kappa shape index (κ2) is 5.58. The molecule has 0 amide bonds. The molecule has 0 rings (SSSR count). The largest absolute Gasteiger partial charge is 0.298 e. The Bertz CT molecular complexity index is 99.6. The van der Waals surface area contributed by atoms with Crippen LogP contribution in [0, 0.1) is 5.92 Å². The maximum Gasteiger partial charge on any atom is 0.00414 e. The minimum atomic E-state index is 0.680. The molecule has 0 saturated carbocycles. The summed E-state index contributed by atoms with van der Waals surface area (Å²) in [5.74, 6) is 0.829. The van der Waals surface area contributed by atoms with Gasteiger partial charge in [0, 0.05) is 18.6 Å². The molecule has 1 nitrogen and oxygen atoms in total. The van der Waals surface area contributed by atoms with Crippen LogP contribution in [-0.2, 0) is 0 Å². The van der Waals surface area contributed by atoms with E-state index in [1.165, 1.54) is 13.0 Å². The molecule has 0 aliphatic heterocycles. The van der Waals surface area contributed by atoms with Crippen LogP contribution < -0.4 is 0 Å². The molecule has 0 saturated heterocycles. The predicted octanol–water partition coefficient (Wildman–Crippen LogP) is 3.15. The second-order valence-electron chi connectivity index (χ2n) is 4.40. The molecule has 0 aromatic heterocycles.